The molecule has 0 saturated carbocycles. The summed E-state index contributed by atoms with van der Waals surface area (Å²) in [4.78, 5) is 0. The molecular formula is C12H15ClO. The average Bonchev–Trinajstić information content (AvgIpc) is 2.12. The van der Waals surface area contributed by atoms with Crippen molar-refractivity contribution in [3.63, 3.8) is 0 Å². The van der Waals surface area contributed by atoms with Gasteiger partial charge in [0.15, 0.2) is 0 Å². The lowest BCUT2D eigenvalue weighted by molar-refractivity contribution is -0.137. The van der Waals surface area contributed by atoms with Crippen LogP contribution >= 0.6 is 11.6 Å². The third kappa shape index (κ3) is 2.28. The Morgan fingerprint density at radius 1 is 1.50 bits per heavy atom. The van der Waals surface area contributed by atoms with Crippen LogP contribution in [0, 0.1) is 0 Å². The van der Waals surface area contributed by atoms with Gasteiger partial charge in [-0.15, -0.1) is 0 Å². The van der Waals surface area contributed by atoms with Gasteiger partial charge in [-0.2, -0.15) is 0 Å². The van der Waals surface area contributed by atoms with Crippen molar-refractivity contribution in [1.29, 1.82) is 0 Å². The van der Waals surface area contributed by atoms with E-state index < -0.39 is 0 Å². The van der Waals surface area contributed by atoms with Crippen molar-refractivity contribution in [2.75, 3.05) is 6.61 Å². The fraction of sp³-hybridized carbons (Fsp3) is 0.500. The Balaban J connectivity index is 1.91. The standard InChI is InChI=1S/C12H15ClO/c1-12(7-8-14-12)6-5-10-3-2-4-11(13)9-10/h2-4,9H,5-8H2,1H3. The highest BCUT2D eigenvalue weighted by Crippen LogP contribution is 2.30. The second kappa shape index (κ2) is 3.92. The van der Waals surface area contributed by atoms with E-state index in [0.29, 0.717) is 0 Å². The van der Waals surface area contributed by atoms with Gasteiger partial charge in [-0.3, -0.25) is 0 Å². The molecule has 1 aromatic carbocycles. The molecule has 1 atom stereocenters. The quantitative estimate of drug-likeness (QED) is 0.743. The lowest BCUT2D eigenvalue weighted by Gasteiger charge is -2.38. The topological polar surface area (TPSA) is 9.23 Å². The number of benzene rings is 1. The van der Waals surface area contributed by atoms with Crippen LogP contribution in [0.3, 0.4) is 0 Å². The molecule has 0 aromatic heterocycles. The highest BCUT2D eigenvalue weighted by Gasteiger charge is 2.32. The summed E-state index contributed by atoms with van der Waals surface area (Å²) in [7, 11) is 0. The Bertz CT molecular complexity index is 318. The zero-order valence-corrected chi connectivity index (χ0v) is 9.18. The Labute approximate surface area is 90.0 Å². The van der Waals surface area contributed by atoms with Crippen molar-refractivity contribution in [3.8, 4) is 0 Å². The van der Waals surface area contributed by atoms with E-state index in [2.05, 4.69) is 13.0 Å². The molecule has 0 bridgehead atoms. The molecular weight excluding hydrogens is 196 g/mol. The smallest absolute Gasteiger partial charge is 0.0679 e. The van der Waals surface area contributed by atoms with Crippen LogP contribution in [0.25, 0.3) is 0 Å². The van der Waals surface area contributed by atoms with Crippen LogP contribution in [0.4, 0.5) is 0 Å². The van der Waals surface area contributed by atoms with Gasteiger partial charge in [-0.05, 0) is 43.9 Å². The highest BCUT2D eigenvalue weighted by atomic mass is 35.5. The molecule has 1 unspecified atom stereocenters. The first-order valence-corrected chi connectivity index (χ1v) is 5.44. The molecule has 1 fully saturated rings. The number of halogens is 1. The number of aryl methyl sites for hydroxylation is 1. The van der Waals surface area contributed by atoms with Gasteiger partial charge in [0, 0.05) is 5.02 Å². The third-order valence-corrected chi connectivity index (χ3v) is 3.15. The number of rotatable bonds is 3. The second-order valence-corrected chi connectivity index (χ2v) is 4.61. The zero-order valence-electron chi connectivity index (χ0n) is 8.42. The van der Waals surface area contributed by atoms with Gasteiger partial charge in [0.2, 0.25) is 0 Å². The first-order chi connectivity index (χ1) is 6.68. The molecule has 1 heterocycles. The van der Waals surface area contributed by atoms with Crippen LogP contribution < -0.4 is 0 Å². The fourth-order valence-electron chi connectivity index (χ4n) is 1.75. The Morgan fingerprint density at radius 3 is 2.86 bits per heavy atom. The van der Waals surface area contributed by atoms with E-state index in [1.165, 1.54) is 12.0 Å². The van der Waals surface area contributed by atoms with Gasteiger partial charge in [-0.1, -0.05) is 23.7 Å². The van der Waals surface area contributed by atoms with Gasteiger partial charge in [0.1, 0.15) is 0 Å². The maximum Gasteiger partial charge on any atom is 0.0679 e. The largest absolute Gasteiger partial charge is 0.375 e. The van der Waals surface area contributed by atoms with Crippen molar-refractivity contribution in [2.45, 2.75) is 31.8 Å². The molecule has 0 aliphatic carbocycles. The minimum Gasteiger partial charge on any atom is -0.375 e. The van der Waals surface area contributed by atoms with E-state index in [1.807, 2.05) is 18.2 Å². The van der Waals surface area contributed by atoms with E-state index >= 15 is 0 Å². The first kappa shape index (κ1) is 10.0. The summed E-state index contributed by atoms with van der Waals surface area (Å²) in [6.45, 7) is 3.10. The van der Waals surface area contributed by atoms with E-state index in [4.69, 9.17) is 16.3 Å². The van der Waals surface area contributed by atoms with Gasteiger partial charge in [0.25, 0.3) is 0 Å². The van der Waals surface area contributed by atoms with Crippen molar-refractivity contribution < 1.29 is 4.74 Å². The van der Waals surface area contributed by atoms with Crippen molar-refractivity contribution in [2.24, 2.45) is 0 Å². The molecule has 14 heavy (non-hydrogen) atoms. The molecule has 0 spiro atoms. The minimum absolute atomic E-state index is 0.127. The van der Waals surface area contributed by atoms with Crippen LogP contribution in [0.15, 0.2) is 24.3 Å². The second-order valence-electron chi connectivity index (χ2n) is 4.18. The Kier molecular flexibility index (Phi) is 2.80. The predicted octanol–water partition coefficient (Wildman–Crippen LogP) is 3.45. The lowest BCUT2D eigenvalue weighted by Crippen LogP contribution is -2.40. The summed E-state index contributed by atoms with van der Waals surface area (Å²) in [6, 6.07) is 8.06. The molecule has 1 aromatic rings. The predicted molar refractivity (Wildman–Crippen MR) is 58.7 cm³/mol. The van der Waals surface area contributed by atoms with Crippen molar-refractivity contribution in [1.82, 2.24) is 0 Å². The molecule has 2 rings (SSSR count). The van der Waals surface area contributed by atoms with Crippen LogP contribution in [0.5, 0.6) is 0 Å². The summed E-state index contributed by atoms with van der Waals surface area (Å²) >= 11 is 5.91. The molecule has 1 saturated heterocycles. The molecule has 2 heteroatoms. The molecule has 76 valence electrons. The summed E-state index contributed by atoms with van der Waals surface area (Å²) in [6.07, 6.45) is 3.33. The van der Waals surface area contributed by atoms with Gasteiger partial charge in [-0.25, -0.2) is 0 Å². The molecule has 0 N–H and O–H groups in total. The summed E-state index contributed by atoms with van der Waals surface area (Å²) in [5, 5.41) is 0.821. The van der Waals surface area contributed by atoms with Crippen LogP contribution in [0.1, 0.15) is 25.3 Å². The van der Waals surface area contributed by atoms with Crippen LogP contribution in [0.2, 0.25) is 5.02 Å². The third-order valence-electron chi connectivity index (χ3n) is 2.91. The maximum atomic E-state index is 5.91. The monoisotopic (exact) mass is 210 g/mol. The van der Waals surface area contributed by atoms with Crippen LogP contribution in [-0.2, 0) is 11.2 Å². The number of hydrogen-bond acceptors (Lipinski definition) is 1. The van der Waals surface area contributed by atoms with Crippen LogP contribution in [-0.4, -0.2) is 12.2 Å². The molecule has 1 aliphatic rings. The van der Waals surface area contributed by atoms with E-state index in [0.717, 1.165) is 24.5 Å². The van der Waals surface area contributed by atoms with E-state index in [-0.39, 0.29) is 5.60 Å². The number of ether oxygens (including phenoxy) is 1. The molecule has 0 radical (unpaired) electrons. The molecule has 1 aliphatic heterocycles. The number of hydrogen-bond donors (Lipinski definition) is 0. The lowest BCUT2D eigenvalue weighted by atomic mass is 9.90. The Morgan fingerprint density at radius 2 is 2.29 bits per heavy atom. The summed E-state index contributed by atoms with van der Waals surface area (Å²) in [5.41, 5.74) is 1.43. The average molecular weight is 211 g/mol. The first-order valence-electron chi connectivity index (χ1n) is 5.06. The highest BCUT2D eigenvalue weighted by molar-refractivity contribution is 6.30. The maximum absolute atomic E-state index is 5.91. The van der Waals surface area contributed by atoms with E-state index in [1.54, 1.807) is 0 Å². The fourth-order valence-corrected chi connectivity index (χ4v) is 1.96. The Hall–Kier alpha value is -0.530. The SMILES string of the molecule is CC1(CCc2cccc(Cl)c2)CCO1. The minimum atomic E-state index is 0.127. The molecule has 0 amide bonds. The van der Waals surface area contributed by atoms with Gasteiger partial charge in [0.05, 0.1) is 12.2 Å². The van der Waals surface area contributed by atoms with Gasteiger partial charge >= 0.3 is 0 Å². The van der Waals surface area contributed by atoms with Gasteiger partial charge < -0.3 is 4.74 Å². The zero-order chi connectivity index (χ0) is 10.0. The molecule has 1 nitrogen and oxygen atoms in total. The normalized spacial score (nSPS) is 25.9. The van der Waals surface area contributed by atoms with E-state index in [9.17, 15) is 0 Å². The summed E-state index contributed by atoms with van der Waals surface area (Å²) < 4.78 is 5.54. The van der Waals surface area contributed by atoms with Crippen molar-refractivity contribution in [3.05, 3.63) is 34.9 Å². The van der Waals surface area contributed by atoms with Crippen molar-refractivity contribution >= 4 is 11.6 Å². The summed E-state index contributed by atoms with van der Waals surface area (Å²) in [5.74, 6) is 0.